The smallest absolute Gasteiger partial charge is 0.262 e. The molecule has 0 aliphatic rings. The second-order valence-corrected chi connectivity index (χ2v) is 8.08. The van der Waals surface area contributed by atoms with E-state index in [0.717, 1.165) is 38.5 Å². The molecule has 0 unspecified atom stereocenters. The third kappa shape index (κ3) is 5.91. The summed E-state index contributed by atoms with van der Waals surface area (Å²) in [6.45, 7) is 2.65. The van der Waals surface area contributed by atoms with Gasteiger partial charge in [0.15, 0.2) is 11.0 Å². The van der Waals surface area contributed by atoms with Crippen molar-refractivity contribution < 1.29 is 9.32 Å². The third-order valence-electron chi connectivity index (χ3n) is 4.72. The number of unbranched alkanes of at least 4 members (excludes halogenated alkanes) is 3. The molecule has 0 spiro atoms. The molecule has 3 aromatic rings. The first-order valence-electron chi connectivity index (χ1n) is 10.3. The van der Waals surface area contributed by atoms with E-state index in [2.05, 4.69) is 17.1 Å². The number of hydrogen-bond donors (Lipinski definition) is 1. The van der Waals surface area contributed by atoms with Gasteiger partial charge in [-0.05, 0) is 31.4 Å². The molecule has 1 aromatic carbocycles. The molecule has 0 bridgehead atoms. The van der Waals surface area contributed by atoms with Gasteiger partial charge in [0, 0.05) is 19.4 Å². The first kappa shape index (κ1) is 22.0. The van der Waals surface area contributed by atoms with Gasteiger partial charge in [-0.15, -0.1) is 0 Å². The molecule has 9 heteroatoms. The first-order valence-corrected chi connectivity index (χ1v) is 11.3. The normalized spacial score (nSPS) is 11.2. The Morgan fingerprint density at radius 3 is 2.80 bits per heavy atom. The van der Waals surface area contributed by atoms with Crippen molar-refractivity contribution in [1.29, 1.82) is 0 Å². The number of aryl methyl sites for hydroxylation is 1. The number of thioether (sulfide) groups is 1. The Kier molecular flexibility index (Phi) is 8.01. The fourth-order valence-electron chi connectivity index (χ4n) is 3.11. The topological polar surface area (TPSA) is 117 Å². The van der Waals surface area contributed by atoms with Crippen LogP contribution in [0.25, 0.3) is 10.9 Å². The standard InChI is InChI=1S/C21H27N5O3S/c1-2-3-12-19-24-18(25-29-19)14-30-21-23-16-10-7-6-9-15(16)20(28)26(21)13-8-4-5-11-17(22)27/h6-7,9-10H,2-5,8,11-14H2,1H3,(H2,22,27). The van der Waals surface area contributed by atoms with E-state index in [1.807, 2.05) is 18.2 Å². The van der Waals surface area contributed by atoms with Gasteiger partial charge in [-0.3, -0.25) is 14.2 Å². The monoisotopic (exact) mass is 429 g/mol. The van der Waals surface area contributed by atoms with E-state index in [0.29, 0.717) is 46.5 Å². The second kappa shape index (κ2) is 10.9. The van der Waals surface area contributed by atoms with E-state index >= 15 is 0 Å². The van der Waals surface area contributed by atoms with E-state index < -0.39 is 0 Å². The van der Waals surface area contributed by atoms with Gasteiger partial charge in [0.2, 0.25) is 11.8 Å². The lowest BCUT2D eigenvalue weighted by molar-refractivity contribution is -0.118. The van der Waals surface area contributed by atoms with E-state index in [1.165, 1.54) is 11.8 Å². The molecular formula is C21H27N5O3S. The number of para-hydroxylation sites is 1. The van der Waals surface area contributed by atoms with E-state index in [4.69, 9.17) is 15.2 Å². The number of amides is 1. The molecule has 8 nitrogen and oxygen atoms in total. The Morgan fingerprint density at radius 1 is 1.17 bits per heavy atom. The van der Waals surface area contributed by atoms with Crippen molar-refractivity contribution in [3.8, 4) is 0 Å². The fourth-order valence-corrected chi connectivity index (χ4v) is 3.98. The van der Waals surface area contributed by atoms with Crippen molar-refractivity contribution in [3.63, 3.8) is 0 Å². The molecule has 2 N–H and O–H groups in total. The summed E-state index contributed by atoms with van der Waals surface area (Å²) in [5, 5.41) is 5.27. The van der Waals surface area contributed by atoms with Crippen molar-refractivity contribution in [3.05, 3.63) is 46.3 Å². The molecule has 0 saturated heterocycles. The molecule has 0 atom stereocenters. The average molecular weight is 430 g/mol. The number of fused-ring (bicyclic) bond motifs is 1. The van der Waals surface area contributed by atoms with E-state index in [1.54, 1.807) is 10.6 Å². The van der Waals surface area contributed by atoms with Crippen molar-refractivity contribution >= 4 is 28.6 Å². The van der Waals surface area contributed by atoms with E-state index in [9.17, 15) is 9.59 Å². The first-order chi connectivity index (χ1) is 14.6. The lowest BCUT2D eigenvalue weighted by atomic mass is 10.2. The number of nitrogens with two attached hydrogens (primary N) is 1. The Bertz CT molecular complexity index is 1050. The largest absolute Gasteiger partial charge is 0.370 e. The number of nitrogens with zero attached hydrogens (tertiary/aromatic N) is 4. The molecule has 2 aromatic heterocycles. The predicted octanol–water partition coefficient (Wildman–Crippen LogP) is 3.46. The van der Waals surface area contributed by atoms with Crippen molar-refractivity contribution in [1.82, 2.24) is 19.7 Å². The van der Waals surface area contributed by atoms with Crippen LogP contribution in [0.3, 0.4) is 0 Å². The van der Waals surface area contributed by atoms with Crippen LogP contribution < -0.4 is 11.3 Å². The molecule has 160 valence electrons. The predicted molar refractivity (Wildman–Crippen MR) is 116 cm³/mol. The van der Waals surface area contributed by atoms with Crippen LogP contribution in [-0.2, 0) is 23.5 Å². The molecule has 1 amide bonds. The van der Waals surface area contributed by atoms with Gasteiger partial charge in [-0.2, -0.15) is 4.98 Å². The van der Waals surface area contributed by atoms with E-state index in [-0.39, 0.29) is 11.5 Å². The lowest BCUT2D eigenvalue weighted by Crippen LogP contribution is -2.23. The second-order valence-electron chi connectivity index (χ2n) is 7.14. The summed E-state index contributed by atoms with van der Waals surface area (Å²) in [5.41, 5.74) is 5.81. The number of carbonyl (C=O) groups excluding carboxylic acids is 1. The van der Waals surface area contributed by atoms with Gasteiger partial charge in [0.05, 0.1) is 16.7 Å². The molecule has 0 radical (unpaired) electrons. The van der Waals surface area contributed by atoms with Gasteiger partial charge in [-0.25, -0.2) is 4.98 Å². The SMILES string of the molecule is CCCCc1nc(CSc2nc3ccccc3c(=O)n2CCCCCC(N)=O)no1. The summed E-state index contributed by atoms with van der Waals surface area (Å²) in [5.74, 6) is 1.42. The maximum absolute atomic E-state index is 13.0. The van der Waals surface area contributed by atoms with Crippen LogP contribution in [-0.4, -0.2) is 25.6 Å². The van der Waals surface area contributed by atoms with Crippen LogP contribution in [0.1, 0.15) is 57.2 Å². The van der Waals surface area contributed by atoms with Crippen LogP contribution in [0.2, 0.25) is 0 Å². The van der Waals surface area contributed by atoms with Crippen molar-refractivity contribution in [2.24, 2.45) is 5.73 Å². The minimum Gasteiger partial charge on any atom is -0.370 e. The van der Waals surface area contributed by atoms with Gasteiger partial charge in [0.1, 0.15) is 0 Å². The summed E-state index contributed by atoms with van der Waals surface area (Å²) >= 11 is 1.43. The van der Waals surface area contributed by atoms with Gasteiger partial charge in [0.25, 0.3) is 5.56 Å². The van der Waals surface area contributed by atoms with Crippen molar-refractivity contribution in [2.45, 2.75) is 69.3 Å². The Balaban J connectivity index is 1.74. The minimum atomic E-state index is -0.297. The maximum atomic E-state index is 13.0. The highest BCUT2D eigenvalue weighted by Gasteiger charge is 2.13. The Labute approximate surface area is 179 Å². The Morgan fingerprint density at radius 2 is 2.00 bits per heavy atom. The molecule has 0 fully saturated rings. The minimum absolute atomic E-state index is 0.0604. The van der Waals surface area contributed by atoms with Gasteiger partial charge >= 0.3 is 0 Å². The highest BCUT2D eigenvalue weighted by molar-refractivity contribution is 7.98. The number of primary amides is 1. The fraction of sp³-hybridized carbons (Fsp3) is 0.476. The van der Waals surface area contributed by atoms with Crippen LogP contribution in [0.5, 0.6) is 0 Å². The summed E-state index contributed by atoms with van der Waals surface area (Å²) in [6, 6.07) is 7.35. The number of hydrogen-bond acceptors (Lipinski definition) is 7. The highest BCUT2D eigenvalue weighted by Crippen LogP contribution is 2.22. The molecule has 0 aliphatic carbocycles. The van der Waals surface area contributed by atoms with Crippen LogP contribution >= 0.6 is 11.8 Å². The zero-order valence-electron chi connectivity index (χ0n) is 17.2. The van der Waals surface area contributed by atoms with Gasteiger partial charge < -0.3 is 10.3 Å². The lowest BCUT2D eigenvalue weighted by Gasteiger charge is -2.12. The maximum Gasteiger partial charge on any atom is 0.262 e. The van der Waals surface area contributed by atoms with Crippen LogP contribution in [0.4, 0.5) is 0 Å². The number of carbonyl (C=O) groups is 1. The Hall–Kier alpha value is -2.68. The molecule has 2 heterocycles. The number of benzene rings is 1. The van der Waals surface area contributed by atoms with Crippen LogP contribution in [0, 0.1) is 0 Å². The molecule has 30 heavy (non-hydrogen) atoms. The summed E-state index contributed by atoms with van der Waals surface area (Å²) in [4.78, 5) is 33.1. The summed E-state index contributed by atoms with van der Waals surface area (Å²) in [6.07, 6.45) is 5.53. The molecule has 3 rings (SSSR count). The third-order valence-corrected chi connectivity index (χ3v) is 5.69. The average Bonchev–Trinajstić information content (AvgIpc) is 3.19. The number of rotatable bonds is 12. The highest BCUT2D eigenvalue weighted by atomic mass is 32.2. The molecule has 0 saturated carbocycles. The zero-order chi connectivity index (χ0) is 21.3. The summed E-state index contributed by atoms with van der Waals surface area (Å²) in [7, 11) is 0. The van der Waals surface area contributed by atoms with Crippen molar-refractivity contribution in [2.75, 3.05) is 0 Å². The quantitative estimate of drug-likeness (QED) is 0.266. The molecule has 0 aliphatic heterocycles. The zero-order valence-corrected chi connectivity index (χ0v) is 18.0. The van der Waals surface area contributed by atoms with Gasteiger partial charge in [-0.1, -0.05) is 48.8 Å². The van der Waals surface area contributed by atoms with Crippen LogP contribution in [0.15, 0.2) is 38.7 Å². The number of aromatic nitrogens is 4. The molecular weight excluding hydrogens is 402 g/mol. The summed E-state index contributed by atoms with van der Waals surface area (Å²) < 4.78 is 6.99.